The van der Waals surface area contributed by atoms with Crippen LogP contribution in [0.25, 0.3) is 0 Å². The van der Waals surface area contributed by atoms with Crippen molar-refractivity contribution >= 4 is 15.9 Å². The maximum absolute atomic E-state index is 13.1. The molecule has 1 aromatic heterocycles. The maximum Gasteiger partial charge on any atom is 0.416 e. The van der Waals surface area contributed by atoms with Crippen molar-refractivity contribution in [2.24, 2.45) is 0 Å². The number of nitrogens with zero attached hydrogens (tertiary/aromatic N) is 2. The summed E-state index contributed by atoms with van der Waals surface area (Å²) in [6.07, 6.45) is -2.44. The van der Waals surface area contributed by atoms with Crippen LogP contribution in [0.2, 0.25) is 0 Å². The van der Waals surface area contributed by atoms with Gasteiger partial charge < -0.3 is 9.67 Å². The summed E-state index contributed by atoms with van der Waals surface area (Å²) in [4.78, 5) is 4.07. The molecule has 0 aliphatic carbocycles. The second-order valence-corrected chi connectivity index (χ2v) is 5.49. The number of aromatic nitrogens is 2. The first-order chi connectivity index (χ1) is 9.82. The highest BCUT2D eigenvalue weighted by atomic mass is 79.9. The lowest BCUT2D eigenvalue weighted by Crippen LogP contribution is -2.15. The average molecular weight is 363 g/mol. The Hall–Kier alpha value is -1.34. The summed E-state index contributed by atoms with van der Waals surface area (Å²) in [5, 5.41) is 10.2. The number of aliphatic hydroxyl groups is 1. The van der Waals surface area contributed by atoms with Gasteiger partial charge in [-0.3, -0.25) is 0 Å². The van der Waals surface area contributed by atoms with Crippen LogP contribution in [0.5, 0.6) is 0 Å². The highest BCUT2D eigenvalue weighted by Crippen LogP contribution is 2.37. The van der Waals surface area contributed by atoms with E-state index >= 15 is 0 Å². The van der Waals surface area contributed by atoms with E-state index in [0.717, 1.165) is 6.07 Å². The molecule has 1 atom stereocenters. The minimum absolute atomic E-state index is 0.0333. The van der Waals surface area contributed by atoms with Gasteiger partial charge in [0.1, 0.15) is 5.82 Å². The van der Waals surface area contributed by atoms with Crippen molar-refractivity contribution in [3.05, 3.63) is 52.0 Å². The van der Waals surface area contributed by atoms with Crippen LogP contribution in [-0.4, -0.2) is 14.7 Å². The van der Waals surface area contributed by atoms with Crippen LogP contribution < -0.4 is 0 Å². The smallest absolute Gasteiger partial charge is 0.388 e. The molecule has 0 saturated heterocycles. The second-order valence-electron chi connectivity index (χ2n) is 4.58. The van der Waals surface area contributed by atoms with Crippen molar-refractivity contribution in [1.29, 1.82) is 0 Å². The molecule has 0 aliphatic rings. The first-order valence-corrected chi connectivity index (χ1v) is 7.17. The summed E-state index contributed by atoms with van der Waals surface area (Å²) in [5.41, 5.74) is -0.977. The molecule has 0 fully saturated rings. The minimum atomic E-state index is -4.51. The highest BCUT2D eigenvalue weighted by Gasteiger charge is 2.35. The van der Waals surface area contributed by atoms with E-state index in [9.17, 15) is 18.3 Å². The number of hydrogen-bond acceptors (Lipinski definition) is 2. The summed E-state index contributed by atoms with van der Waals surface area (Å²) >= 11 is 3.02. The molecule has 0 aliphatic heterocycles. The zero-order valence-electron chi connectivity index (χ0n) is 11.2. The minimum Gasteiger partial charge on any atom is -0.388 e. The van der Waals surface area contributed by atoms with E-state index in [1.807, 2.05) is 6.92 Å². The summed E-state index contributed by atoms with van der Waals surface area (Å²) < 4.78 is 41.3. The Kier molecular flexibility index (Phi) is 4.73. The van der Waals surface area contributed by atoms with Crippen LogP contribution in [0.15, 0.2) is 35.1 Å². The summed E-state index contributed by atoms with van der Waals surface area (Å²) in [7, 11) is 0. The molecule has 1 N–H and O–H groups in total. The number of rotatable bonds is 4. The van der Waals surface area contributed by atoms with Gasteiger partial charge in [-0.2, -0.15) is 13.2 Å². The molecule has 0 spiro atoms. The molecule has 1 heterocycles. The Balaban J connectivity index is 2.33. The monoisotopic (exact) mass is 362 g/mol. The van der Waals surface area contributed by atoms with Gasteiger partial charge in [0.2, 0.25) is 0 Å². The fourth-order valence-electron chi connectivity index (χ4n) is 2.17. The van der Waals surface area contributed by atoms with E-state index in [-0.39, 0.29) is 12.0 Å². The van der Waals surface area contributed by atoms with Crippen LogP contribution in [-0.2, 0) is 19.1 Å². The zero-order chi connectivity index (χ0) is 15.6. The lowest BCUT2D eigenvalue weighted by Gasteiger charge is -2.18. The van der Waals surface area contributed by atoms with Gasteiger partial charge in [-0.15, -0.1) is 0 Å². The first kappa shape index (κ1) is 16.0. The molecule has 0 bridgehead atoms. The zero-order valence-corrected chi connectivity index (χ0v) is 12.8. The maximum atomic E-state index is 13.1. The van der Waals surface area contributed by atoms with Crippen LogP contribution in [0.1, 0.15) is 30.0 Å². The number of alkyl halides is 3. The van der Waals surface area contributed by atoms with Crippen molar-refractivity contribution in [3.8, 4) is 0 Å². The lowest BCUT2D eigenvalue weighted by atomic mass is 9.99. The van der Waals surface area contributed by atoms with Gasteiger partial charge in [-0.25, -0.2) is 4.98 Å². The quantitative estimate of drug-likeness (QED) is 0.893. The third-order valence-electron chi connectivity index (χ3n) is 3.20. The van der Waals surface area contributed by atoms with Crippen molar-refractivity contribution in [2.45, 2.75) is 32.2 Å². The molecule has 114 valence electrons. The van der Waals surface area contributed by atoms with Gasteiger partial charge in [-0.1, -0.05) is 22.0 Å². The standard InChI is InChI=1S/C14H14BrF3N2O/c1-2-20-6-5-19-13(20)8-12(21)10-4-3-9(15)7-11(10)14(16,17)18/h3-7,12,21H,2,8H2,1H3. The molecule has 2 rings (SSSR count). The second kappa shape index (κ2) is 6.19. The molecule has 7 heteroatoms. The van der Waals surface area contributed by atoms with Crippen LogP contribution in [0, 0.1) is 0 Å². The largest absolute Gasteiger partial charge is 0.416 e. The molecule has 0 radical (unpaired) electrons. The Morgan fingerprint density at radius 3 is 2.71 bits per heavy atom. The van der Waals surface area contributed by atoms with E-state index in [1.165, 1.54) is 12.1 Å². The van der Waals surface area contributed by atoms with E-state index < -0.39 is 17.8 Å². The number of aryl methyl sites for hydroxylation is 1. The Labute approximate surface area is 128 Å². The number of imidazole rings is 1. The Morgan fingerprint density at radius 1 is 1.38 bits per heavy atom. The third kappa shape index (κ3) is 3.65. The Morgan fingerprint density at radius 2 is 2.10 bits per heavy atom. The lowest BCUT2D eigenvalue weighted by molar-refractivity contribution is -0.139. The molecular formula is C14H14BrF3N2O. The highest BCUT2D eigenvalue weighted by molar-refractivity contribution is 9.10. The first-order valence-electron chi connectivity index (χ1n) is 6.37. The van der Waals surface area contributed by atoms with Gasteiger partial charge in [0.15, 0.2) is 0 Å². The molecule has 21 heavy (non-hydrogen) atoms. The fourth-order valence-corrected chi connectivity index (χ4v) is 2.53. The molecule has 2 aromatic rings. The van der Waals surface area contributed by atoms with E-state index in [2.05, 4.69) is 20.9 Å². The molecule has 1 unspecified atom stereocenters. The van der Waals surface area contributed by atoms with E-state index in [1.54, 1.807) is 17.0 Å². The molecular weight excluding hydrogens is 349 g/mol. The van der Waals surface area contributed by atoms with Crippen LogP contribution in [0.3, 0.4) is 0 Å². The Bertz CT molecular complexity index is 625. The van der Waals surface area contributed by atoms with Gasteiger partial charge in [0.25, 0.3) is 0 Å². The number of hydrogen-bond donors (Lipinski definition) is 1. The predicted molar refractivity (Wildman–Crippen MR) is 75.7 cm³/mol. The summed E-state index contributed by atoms with van der Waals surface area (Å²) in [5.74, 6) is 0.557. The molecule has 0 amide bonds. The summed E-state index contributed by atoms with van der Waals surface area (Å²) in [6, 6.07) is 3.75. The fraction of sp³-hybridized carbons (Fsp3) is 0.357. The predicted octanol–water partition coefficient (Wildman–Crippen LogP) is 3.96. The molecule has 3 nitrogen and oxygen atoms in total. The van der Waals surface area contributed by atoms with Crippen LogP contribution >= 0.6 is 15.9 Å². The van der Waals surface area contributed by atoms with Gasteiger partial charge in [0, 0.05) is 29.8 Å². The van der Waals surface area contributed by atoms with E-state index in [0.29, 0.717) is 16.8 Å². The van der Waals surface area contributed by atoms with Crippen molar-refractivity contribution in [3.63, 3.8) is 0 Å². The normalized spacial score (nSPS) is 13.4. The van der Waals surface area contributed by atoms with Crippen molar-refractivity contribution < 1.29 is 18.3 Å². The van der Waals surface area contributed by atoms with Gasteiger partial charge in [0.05, 0.1) is 11.7 Å². The van der Waals surface area contributed by atoms with E-state index in [4.69, 9.17) is 0 Å². The average Bonchev–Trinajstić information content (AvgIpc) is 2.84. The number of aliphatic hydroxyl groups excluding tert-OH is 1. The molecule has 1 aromatic carbocycles. The number of halogens is 4. The van der Waals surface area contributed by atoms with Gasteiger partial charge in [-0.05, 0) is 24.6 Å². The van der Waals surface area contributed by atoms with Crippen LogP contribution in [0.4, 0.5) is 13.2 Å². The number of benzene rings is 1. The topological polar surface area (TPSA) is 38.0 Å². The third-order valence-corrected chi connectivity index (χ3v) is 3.69. The van der Waals surface area contributed by atoms with Crippen molar-refractivity contribution in [1.82, 2.24) is 9.55 Å². The van der Waals surface area contributed by atoms with Crippen molar-refractivity contribution in [2.75, 3.05) is 0 Å². The summed E-state index contributed by atoms with van der Waals surface area (Å²) in [6.45, 7) is 2.55. The molecule has 0 saturated carbocycles. The SMILES string of the molecule is CCn1ccnc1CC(O)c1ccc(Br)cc1C(F)(F)F. The van der Waals surface area contributed by atoms with Gasteiger partial charge >= 0.3 is 6.18 Å².